The van der Waals surface area contributed by atoms with E-state index in [1.807, 2.05) is 6.20 Å². The second kappa shape index (κ2) is 4.33. The number of hydrogen-bond donors (Lipinski definition) is 1. The Kier molecular flexibility index (Phi) is 3.07. The maximum Gasteiger partial charge on any atom is 0.119 e. The number of fused-ring (bicyclic) bond motifs is 1. The molecule has 82 valence electrons. The van der Waals surface area contributed by atoms with E-state index < -0.39 is 0 Å². The number of hydrogen-bond acceptors (Lipinski definition) is 3. The molecular weight excluding hydrogens is 206 g/mol. The van der Waals surface area contributed by atoms with Crippen molar-refractivity contribution >= 4 is 16.2 Å². The molecule has 0 amide bonds. The number of imidazole rings is 1. The van der Waals surface area contributed by atoms with Crippen molar-refractivity contribution in [1.82, 2.24) is 9.38 Å². The second-order valence-electron chi connectivity index (χ2n) is 4.06. The van der Waals surface area contributed by atoms with Crippen molar-refractivity contribution in [2.24, 2.45) is 5.73 Å². The Morgan fingerprint density at radius 2 is 2.33 bits per heavy atom. The lowest BCUT2D eigenvalue weighted by atomic mass is 10.1. The van der Waals surface area contributed by atoms with E-state index in [1.54, 1.807) is 11.3 Å². The van der Waals surface area contributed by atoms with Gasteiger partial charge in [-0.15, -0.1) is 11.3 Å². The first-order chi connectivity index (χ1) is 7.24. The van der Waals surface area contributed by atoms with Crippen molar-refractivity contribution in [3.8, 4) is 0 Å². The van der Waals surface area contributed by atoms with Crippen molar-refractivity contribution < 1.29 is 0 Å². The van der Waals surface area contributed by atoms with Gasteiger partial charge in [0.05, 0.1) is 6.20 Å². The summed E-state index contributed by atoms with van der Waals surface area (Å²) in [4.78, 5) is 5.70. The number of aryl methyl sites for hydroxylation is 1. The molecule has 3 nitrogen and oxygen atoms in total. The molecule has 2 aromatic rings. The average molecular weight is 223 g/mol. The first-order valence-corrected chi connectivity index (χ1v) is 6.25. The highest BCUT2D eigenvalue weighted by molar-refractivity contribution is 7.15. The number of rotatable bonds is 4. The van der Waals surface area contributed by atoms with E-state index in [9.17, 15) is 0 Å². The lowest BCUT2D eigenvalue weighted by Gasteiger charge is -2.05. The van der Waals surface area contributed by atoms with E-state index >= 15 is 0 Å². The molecule has 0 atom stereocenters. The van der Waals surface area contributed by atoms with Gasteiger partial charge in [-0.05, 0) is 18.9 Å². The zero-order valence-corrected chi connectivity index (χ0v) is 10.0. The Bertz CT molecular complexity index is 442. The summed E-state index contributed by atoms with van der Waals surface area (Å²) in [5, 5.41) is 2.23. The zero-order chi connectivity index (χ0) is 10.8. The molecular formula is C11H17N3S. The smallest absolute Gasteiger partial charge is 0.119 e. The molecule has 0 aliphatic rings. The molecule has 0 bridgehead atoms. The summed E-state index contributed by atoms with van der Waals surface area (Å²) in [6, 6.07) is 0. The average Bonchev–Trinajstić information content (AvgIpc) is 2.74. The fourth-order valence-corrected chi connectivity index (χ4v) is 2.78. The second-order valence-corrected chi connectivity index (χ2v) is 4.95. The van der Waals surface area contributed by atoms with Crippen LogP contribution in [0.25, 0.3) is 4.83 Å². The Labute approximate surface area is 93.9 Å². The molecule has 4 heteroatoms. The number of thiazole rings is 1. The number of nitrogens with two attached hydrogens (primary N) is 1. The van der Waals surface area contributed by atoms with Gasteiger partial charge < -0.3 is 5.73 Å². The molecule has 0 aliphatic heterocycles. The van der Waals surface area contributed by atoms with Gasteiger partial charge in [-0.25, -0.2) is 4.98 Å². The molecule has 0 radical (unpaired) electrons. The van der Waals surface area contributed by atoms with Gasteiger partial charge in [0.2, 0.25) is 0 Å². The van der Waals surface area contributed by atoms with Crippen LogP contribution in [-0.4, -0.2) is 15.9 Å². The van der Waals surface area contributed by atoms with Gasteiger partial charge >= 0.3 is 0 Å². The Morgan fingerprint density at radius 1 is 1.53 bits per heavy atom. The Morgan fingerprint density at radius 3 is 3.00 bits per heavy atom. The molecule has 0 unspecified atom stereocenters. The molecule has 2 rings (SSSR count). The molecule has 2 N–H and O–H groups in total. The maximum atomic E-state index is 5.53. The van der Waals surface area contributed by atoms with Crippen LogP contribution in [0.3, 0.4) is 0 Å². The highest BCUT2D eigenvalue weighted by Crippen LogP contribution is 2.24. The summed E-state index contributed by atoms with van der Waals surface area (Å²) in [7, 11) is 0. The SMILES string of the molecule is CC(C)c1csc2cnc(CCCN)n12. The van der Waals surface area contributed by atoms with Crippen LogP contribution in [0.1, 0.15) is 37.7 Å². The molecule has 0 aromatic carbocycles. The maximum absolute atomic E-state index is 5.53. The largest absolute Gasteiger partial charge is 0.330 e. The van der Waals surface area contributed by atoms with Crippen LogP contribution in [0, 0.1) is 0 Å². The van der Waals surface area contributed by atoms with Gasteiger partial charge in [0, 0.05) is 17.5 Å². The third-order valence-electron chi connectivity index (χ3n) is 2.56. The van der Waals surface area contributed by atoms with Gasteiger partial charge in [-0.1, -0.05) is 13.8 Å². The summed E-state index contributed by atoms with van der Waals surface area (Å²) >= 11 is 1.77. The monoisotopic (exact) mass is 223 g/mol. The fraction of sp³-hybridized carbons (Fsp3) is 0.545. The molecule has 2 aromatic heterocycles. The van der Waals surface area contributed by atoms with E-state index in [4.69, 9.17) is 5.73 Å². The van der Waals surface area contributed by atoms with Crippen molar-refractivity contribution in [1.29, 1.82) is 0 Å². The van der Waals surface area contributed by atoms with E-state index in [-0.39, 0.29) is 0 Å². The lowest BCUT2D eigenvalue weighted by Crippen LogP contribution is -2.04. The highest BCUT2D eigenvalue weighted by atomic mass is 32.1. The zero-order valence-electron chi connectivity index (χ0n) is 9.23. The predicted octanol–water partition coefficient (Wildman–Crippen LogP) is 2.41. The molecule has 0 aliphatic carbocycles. The van der Waals surface area contributed by atoms with Gasteiger partial charge in [0.25, 0.3) is 0 Å². The Balaban J connectivity index is 2.41. The van der Waals surface area contributed by atoms with Crippen molar-refractivity contribution in [3.05, 3.63) is 23.1 Å². The fourth-order valence-electron chi connectivity index (χ4n) is 1.74. The molecule has 0 fully saturated rings. The summed E-state index contributed by atoms with van der Waals surface area (Å²) in [6.45, 7) is 5.17. The van der Waals surface area contributed by atoms with Gasteiger partial charge in [0.15, 0.2) is 0 Å². The van der Waals surface area contributed by atoms with Crippen LogP contribution in [0.2, 0.25) is 0 Å². The molecule has 0 spiro atoms. The van der Waals surface area contributed by atoms with Crippen LogP contribution >= 0.6 is 11.3 Å². The highest BCUT2D eigenvalue weighted by Gasteiger charge is 2.11. The van der Waals surface area contributed by atoms with Crippen LogP contribution in [0.4, 0.5) is 0 Å². The minimum Gasteiger partial charge on any atom is -0.330 e. The summed E-state index contributed by atoms with van der Waals surface area (Å²) in [5.41, 5.74) is 6.89. The van der Waals surface area contributed by atoms with Crippen LogP contribution < -0.4 is 5.73 Å². The summed E-state index contributed by atoms with van der Waals surface area (Å²) in [5.74, 6) is 1.70. The lowest BCUT2D eigenvalue weighted by molar-refractivity contribution is 0.741. The Hall–Kier alpha value is -0.870. The predicted molar refractivity (Wildman–Crippen MR) is 64.5 cm³/mol. The van der Waals surface area contributed by atoms with E-state index in [0.29, 0.717) is 5.92 Å². The number of nitrogens with zero attached hydrogens (tertiary/aromatic N) is 2. The van der Waals surface area contributed by atoms with Crippen molar-refractivity contribution in [2.75, 3.05) is 6.54 Å². The molecule has 2 heterocycles. The van der Waals surface area contributed by atoms with Crippen LogP contribution in [0.15, 0.2) is 11.6 Å². The van der Waals surface area contributed by atoms with Gasteiger partial charge in [-0.2, -0.15) is 0 Å². The van der Waals surface area contributed by atoms with Gasteiger partial charge in [0.1, 0.15) is 10.7 Å². The van der Waals surface area contributed by atoms with Crippen LogP contribution in [-0.2, 0) is 6.42 Å². The summed E-state index contributed by atoms with van der Waals surface area (Å²) in [6.07, 6.45) is 3.94. The molecule has 15 heavy (non-hydrogen) atoms. The third kappa shape index (κ3) is 1.92. The minimum atomic E-state index is 0.546. The molecule has 0 saturated carbocycles. The number of aromatic nitrogens is 2. The normalized spacial score (nSPS) is 11.7. The van der Waals surface area contributed by atoms with E-state index in [0.717, 1.165) is 25.2 Å². The first-order valence-electron chi connectivity index (χ1n) is 5.37. The quantitative estimate of drug-likeness (QED) is 0.865. The third-order valence-corrected chi connectivity index (χ3v) is 3.45. The van der Waals surface area contributed by atoms with Crippen LogP contribution in [0.5, 0.6) is 0 Å². The van der Waals surface area contributed by atoms with Crippen molar-refractivity contribution in [2.45, 2.75) is 32.6 Å². The topological polar surface area (TPSA) is 43.3 Å². The van der Waals surface area contributed by atoms with E-state index in [2.05, 4.69) is 28.6 Å². The first kappa shape index (κ1) is 10.6. The molecule has 0 saturated heterocycles. The van der Waals surface area contributed by atoms with Crippen molar-refractivity contribution in [3.63, 3.8) is 0 Å². The van der Waals surface area contributed by atoms with Gasteiger partial charge in [-0.3, -0.25) is 4.40 Å². The minimum absolute atomic E-state index is 0.546. The summed E-state index contributed by atoms with van der Waals surface area (Å²) < 4.78 is 2.28. The standard InChI is InChI=1S/C11H17N3S/c1-8(2)9-7-15-11-6-13-10(14(9)11)4-3-5-12/h6-8H,3-5,12H2,1-2H3. The van der Waals surface area contributed by atoms with E-state index in [1.165, 1.54) is 10.5 Å².